The second-order valence-electron chi connectivity index (χ2n) is 4.17. The molecule has 0 aliphatic heterocycles. The Morgan fingerprint density at radius 1 is 1.32 bits per heavy atom. The highest BCUT2D eigenvalue weighted by molar-refractivity contribution is 9.10. The van der Waals surface area contributed by atoms with Crippen LogP contribution in [0.15, 0.2) is 28.7 Å². The summed E-state index contributed by atoms with van der Waals surface area (Å²) in [5.74, 6) is 0. The molecule has 1 unspecified atom stereocenters. The summed E-state index contributed by atoms with van der Waals surface area (Å²) in [6, 6.07) is 7.89. The summed E-state index contributed by atoms with van der Waals surface area (Å²) in [5, 5.41) is 3.16. The van der Waals surface area contributed by atoms with Crippen LogP contribution in [0.2, 0.25) is 0 Å². The zero-order valence-corrected chi connectivity index (χ0v) is 12.2. The predicted octanol–water partition coefficient (Wildman–Crippen LogP) is 4.07. The Morgan fingerprint density at radius 3 is 2.58 bits per heavy atom. The molecule has 0 radical (unpaired) electrons. The first-order valence-corrected chi connectivity index (χ1v) is 6.79. The first-order chi connectivity index (χ1) is 8.94. The predicted molar refractivity (Wildman–Crippen MR) is 72.1 cm³/mol. The van der Waals surface area contributed by atoms with Crippen molar-refractivity contribution in [3.05, 3.63) is 34.3 Å². The summed E-state index contributed by atoms with van der Waals surface area (Å²) in [7, 11) is 1.83. The van der Waals surface area contributed by atoms with E-state index in [1.54, 1.807) is 0 Å². The summed E-state index contributed by atoms with van der Waals surface area (Å²) >= 11 is 3.47. The maximum Gasteiger partial charge on any atom is 0.411 e. The van der Waals surface area contributed by atoms with E-state index in [0.717, 1.165) is 16.5 Å². The number of hydrogen-bond donors (Lipinski definition) is 1. The number of ether oxygens (including phenoxy) is 1. The van der Waals surface area contributed by atoms with Crippen molar-refractivity contribution in [2.45, 2.75) is 25.1 Å². The Balaban J connectivity index is 2.36. The van der Waals surface area contributed by atoms with Crippen molar-refractivity contribution >= 4 is 15.9 Å². The average Bonchev–Trinajstić information content (AvgIpc) is 2.34. The second kappa shape index (κ2) is 7.87. The average molecular weight is 340 g/mol. The molecule has 0 fully saturated rings. The van der Waals surface area contributed by atoms with Gasteiger partial charge in [-0.2, -0.15) is 13.2 Å². The third-order valence-corrected chi connectivity index (χ3v) is 3.40. The van der Waals surface area contributed by atoms with Crippen molar-refractivity contribution in [3.8, 4) is 0 Å². The fraction of sp³-hybridized carbons (Fsp3) is 0.538. The molecule has 0 heterocycles. The first-order valence-electron chi connectivity index (χ1n) is 6.00. The molecule has 6 heteroatoms. The van der Waals surface area contributed by atoms with Crippen LogP contribution in [0.5, 0.6) is 0 Å². The fourth-order valence-electron chi connectivity index (χ4n) is 1.79. The van der Waals surface area contributed by atoms with Gasteiger partial charge in [0.15, 0.2) is 0 Å². The highest BCUT2D eigenvalue weighted by Crippen LogP contribution is 2.26. The fourth-order valence-corrected chi connectivity index (χ4v) is 2.35. The van der Waals surface area contributed by atoms with E-state index in [1.807, 2.05) is 31.3 Å². The van der Waals surface area contributed by atoms with Crippen LogP contribution in [0.25, 0.3) is 0 Å². The second-order valence-corrected chi connectivity index (χ2v) is 5.03. The number of hydrogen-bond acceptors (Lipinski definition) is 2. The molecule has 19 heavy (non-hydrogen) atoms. The van der Waals surface area contributed by atoms with Gasteiger partial charge in [-0.05, 0) is 31.5 Å². The van der Waals surface area contributed by atoms with E-state index >= 15 is 0 Å². The number of rotatable bonds is 7. The molecule has 0 bridgehead atoms. The van der Waals surface area contributed by atoms with Crippen LogP contribution < -0.4 is 5.32 Å². The highest BCUT2D eigenvalue weighted by Gasteiger charge is 2.27. The topological polar surface area (TPSA) is 21.3 Å². The van der Waals surface area contributed by atoms with Crippen molar-refractivity contribution in [2.24, 2.45) is 0 Å². The van der Waals surface area contributed by atoms with Crippen LogP contribution in [0.4, 0.5) is 13.2 Å². The summed E-state index contributed by atoms with van der Waals surface area (Å²) in [5.41, 5.74) is 1.10. The van der Waals surface area contributed by atoms with Crippen LogP contribution >= 0.6 is 15.9 Å². The summed E-state index contributed by atoms with van der Waals surface area (Å²) < 4.78 is 41.2. The van der Waals surface area contributed by atoms with Crippen LogP contribution in [0, 0.1) is 0 Å². The van der Waals surface area contributed by atoms with Gasteiger partial charge in [0.1, 0.15) is 6.61 Å². The molecule has 1 aromatic carbocycles. The molecular weight excluding hydrogens is 323 g/mol. The number of alkyl halides is 3. The van der Waals surface area contributed by atoms with E-state index in [0.29, 0.717) is 6.42 Å². The minimum atomic E-state index is -4.25. The lowest BCUT2D eigenvalue weighted by Gasteiger charge is -2.18. The normalized spacial score (nSPS) is 13.5. The van der Waals surface area contributed by atoms with Gasteiger partial charge in [0.25, 0.3) is 0 Å². The van der Waals surface area contributed by atoms with Gasteiger partial charge in [0.05, 0.1) is 0 Å². The lowest BCUT2D eigenvalue weighted by molar-refractivity contribution is -0.174. The van der Waals surface area contributed by atoms with Gasteiger partial charge >= 0.3 is 6.18 Å². The van der Waals surface area contributed by atoms with Gasteiger partial charge in [-0.25, -0.2) is 0 Å². The minimum Gasteiger partial charge on any atom is -0.372 e. The number of nitrogens with one attached hydrogen (secondary N) is 1. The third-order valence-electron chi connectivity index (χ3n) is 2.68. The zero-order valence-electron chi connectivity index (χ0n) is 10.6. The minimum absolute atomic E-state index is 0.102. The van der Waals surface area contributed by atoms with E-state index in [4.69, 9.17) is 0 Å². The summed E-state index contributed by atoms with van der Waals surface area (Å²) in [4.78, 5) is 0. The maximum atomic E-state index is 11.9. The molecule has 2 nitrogen and oxygen atoms in total. The molecule has 0 spiro atoms. The van der Waals surface area contributed by atoms with Crippen molar-refractivity contribution in [2.75, 3.05) is 20.3 Å². The molecule has 1 N–H and O–H groups in total. The first kappa shape index (κ1) is 16.5. The van der Waals surface area contributed by atoms with Gasteiger partial charge in [-0.3, -0.25) is 0 Å². The standard InChI is InChI=1S/C13H17BrF3NO/c1-18-12(10-5-2-3-6-11(10)14)7-4-8-19-9-13(15,16)17/h2-3,5-6,12,18H,4,7-9H2,1H3. The molecule has 1 rings (SSSR count). The van der Waals surface area contributed by atoms with Crippen LogP contribution in [0.3, 0.4) is 0 Å². The summed E-state index contributed by atoms with van der Waals surface area (Å²) in [6.07, 6.45) is -2.95. The molecule has 0 saturated carbocycles. The maximum absolute atomic E-state index is 11.9. The lowest BCUT2D eigenvalue weighted by atomic mass is 10.0. The van der Waals surface area contributed by atoms with E-state index in [2.05, 4.69) is 26.0 Å². The summed E-state index contributed by atoms with van der Waals surface area (Å²) in [6.45, 7) is -1.06. The third kappa shape index (κ3) is 6.40. The van der Waals surface area contributed by atoms with E-state index in [1.165, 1.54) is 0 Å². The largest absolute Gasteiger partial charge is 0.411 e. The highest BCUT2D eigenvalue weighted by atomic mass is 79.9. The molecule has 0 amide bonds. The Bertz CT molecular complexity index is 384. The molecule has 1 atom stereocenters. The molecular formula is C13H17BrF3NO. The van der Waals surface area contributed by atoms with Crippen LogP contribution in [0.1, 0.15) is 24.4 Å². The zero-order chi connectivity index (χ0) is 14.3. The molecule has 108 valence electrons. The van der Waals surface area contributed by atoms with Crippen LogP contribution in [-0.2, 0) is 4.74 Å². The van der Waals surface area contributed by atoms with E-state index in [9.17, 15) is 13.2 Å². The SMILES string of the molecule is CNC(CCCOCC(F)(F)F)c1ccccc1Br. The Kier molecular flexibility index (Phi) is 6.82. The Morgan fingerprint density at radius 2 is 2.00 bits per heavy atom. The quantitative estimate of drug-likeness (QED) is 0.756. The van der Waals surface area contributed by atoms with E-state index in [-0.39, 0.29) is 12.6 Å². The molecule has 1 aromatic rings. The Hall–Kier alpha value is -0.590. The van der Waals surface area contributed by atoms with E-state index < -0.39 is 12.8 Å². The van der Waals surface area contributed by atoms with Gasteiger partial charge in [0, 0.05) is 17.1 Å². The van der Waals surface area contributed by atoms with Crippen molar-refractivity contribution < 1.29 is 17.9 Å². The smallest absolute Gasteiger partial charge is 0.372 e. The van der Waals surface area contributed by atoms with Gasteiger partial charge in [-0.15, -0.1) is 0 Å². The van der Waals surface area contributed by atoms with Crippen molar-refractivity contribution in [1.82, 2.24) is 5.32 Å². The molecule has 0 aliphatic carbocycles. The number of halogens is 4. The lowest BCUT2D eigenvalue weighted by Crippen LogP contribution is -2.19. The molecule has 0 aromatic heterocycles. The molecule has 0 aliphatic rings. The van der Waals surface area contributed by atoms with Crippen molar-refractivity contribution in [1.29, 1.82) is 0 Å². The van der Waals surface area contributed by atoms with Crippen LogP contribution in [-0.4, -0.2) is 26.4 Å². The number of benzene rings is 1. The molecule has 0 saturated heterocycles. The van der Waals surface area contributed by atoms with Crippen molar-refractivity contribution in [3.63, 3.8) is 0 Å². The van der Waals surface area contributed by atoms with Gasteiger partial charge in [-0.1, -0.05) is 34.1 Å². The monoisotopic (exact) mass is 339 g/mol. The van der Waals surface area contributed by atoms with Gasteiger partial charge < -0.3 is 10.1 Å². The van der Waals surface area contributed by atoms with Gasteiger partial charge in [0.2, 0.25) is 0 Å². The Labute approximate surface area is 119 Å².